The fourth-order valence-electron chi connectivity index (χ4n) is 2.35. The quantitative estimate of drug-likeness (QED) is 0.796. The number of nitrogens with zero attached hydrogens (tertiary/aromatic N) is 3. The lowest BCUT2D eigenvalue weighted by atomic mass is 9.86. The third-order valence-corrected chi connectivity index (χ3v) is 3.48. The van der Waals surface area contributed by atoms with E-state index in [4.69, 9.17) is 5.73 Å². The Morgan fingerprint density at radius 1 is 1.50 bits per heavy atom. The van der Waals surface area contributed by atoms with Crippen LogP contribution in [0.5, 0.6) is 0 Å². The van der Waals surface area contributed by atoms with Crippen molar-refractivity contribution in [3.8, 4) is 0 Å². The van der Waals surface area contributed by atoms with Gasteiger partial charge in [-0.2, -0.15) is 0 Å². The molecular weight excluding hydrogens is 204 g/mol. The fourth-order valence-corrected chi connectivity index (χ4v) is 2.35. The van der Waals surface area contributed by atoms with Gasteiger partial charge in [-0.05, 0) is 32.6 Å². The van der Waals surface area contributed by atoms with Crippen molar-refractivity contribution in [3.63, 3.8) is 0 Å². The summed E-state index contributed by atoms with van der Waals surface area (Å²) in [6.07, 6.45) is 6.00. The highest BCUT2D eigenvalue weighted by molar-refractivity contribution is 5.00. The summed E-state index contributed by atoms with van der Waals surface area (Å²) < 4.78 is 1.99. The lowest BCUT2D eigenvalue weighted by molar-refractivity contribution is 0.232. The van der Waals surface area contributed by atoms with Crippen LogP contribution in [0.25, 0.3) is 0 Å². The summed E-state index contributed by atoms with van der Waals surface area (Å²) in [5.74, 6) is 1.46. The predicted octanol–water partition coefficient (Wildman–Crippen LogP) is 0.816. The first kappa shape index (κ1) is 11.5. The van der Waals surface area contributed by atoms with E-state index in [1.807, 2.05) is 11.5 Å². The van der Waals surface area contributed by atoms with Crippen LogP contribution in [0.4, 0.5) is 0 Å². The minimum atomic E-state index is 0.0561. The van der Waals surface area contributed by atoms with Gasteiger partial charge >= 0.3 is 0 Å². The topological polar surface area (TPSA) is 77.0 Å². The molecule has 1 unspecified atom stereocenters. The molecular formula is C11H20N4O. The van der Waals surface area contributed by atoms with Crippen molar-refractivity contribution in [3.05, 3.63) is 12.2 Å². The standard InChI is InChI=1S/C11H20N4O/c1-8(6-16)15-7-13-14-11(15)9-2-4-10(12)5-3-9/h7-10,16H,2-6,12H2,1H3. The maximum atomic E-state index is 9.18. The van der Waals surface area contributed by atoms with Gasteiger partial charge < -0.3 is 15.4 Å². The molecule has 3 N–H and O–H groups in total. The molecule has 16 heavy (non-hydrogen) atoms. The molecule has 5 nitrogen and oxygen atoms in total. The van der Waals surface area contributed by atoms with E-state index in [0.717, 1.165) is 31.5 Å². The summed E-state index contributed by atoms with van der Waals surface area (Å²) in [7, 11) is 0. The molecule has 1 aromatic heterocycles. The van der Waals surface area contributed by atoms with Gasteiger partial charge in [0, 0.05) is 12.0 Å². The molecule has 0 aliphatic heterocycles. The van der Waals surface area contributed by atoms with Crippen LogP contribution in [-0.4, -0.2) is 32.5 Å². The Morgan fingerprint density at radius 3 is 2.81 bits per heavy atom. The zero-order chi connectivity index (χ0) is 11.5. The Labute approximate surface area is 95.7 Å². The minimum Gasteiger partial charge on any atom is -0.394 e. The van der Waals surface area contributed by atoms with E-state index in [1.54, 1.807) is 6.33 Å². The van der Waals surface area contributed by atoms with Gasteiger partial charge in [-0.25, -0.2) is 0 Å². The molecule has 5 heteroatoms. The van der Waals surface area contributed by atoms with Crippen molar-refractivity contribution in [1.29, 1.82) is 0 Å². The van der Waals surface area contributed by atoms with Crippen molar-refractivity contribution in [2.24, 2.45) is 5.73 Å². The van der Waals surface area contributed by atoms with Gasteiger partial charge in [0.1, 0.15) is 12.2 Å². The second-order valence-corrected chi connectivity index (χ2v) is 4.74. The van der Waals surface area contributed by atoms with Crippen LogP contribution in [0.2, 0.25) is 0 Å². The molecule has 0 radical (unpaired) electrons. The van der Waals surface area contributed by atoms with Crippen LogP contribution in [0.15, 0.2) is 6.33 Å². The molecule has 1 atom stereocenters. The maximum absolute atomic E-state index is 9.18. The van der Waals surface area contributed by atoms with Crippen molar-refractivity contribution < 1.29 is 5.11 Å². The Bertz CT molecular complexity index is 330. The molecule has 1 aliphatic rings. The van der Waals surface area contributed by atoms with Crippen molar-refractivity contribution >= 4 is 0 Å². The number of aliphatic hydroxyl groups excluding tert-OH is 1. The average Bonchev–Trinajstić information content (AvgIpc) is 2.78. The van der Waals surface area contributed by atoms with E-state index >= 15 is 0 Å². The fraction of sp³-hybridized carbons (Fsp3) is 0.818. The Morgan fingerprint density at radius 2 is 2.19 bits per heavy atom. The van der Waals surface area contributed by atoms with Gasteiger partial charge in [0.05, 0.1) is 12.6 Å². The first-order valence-electron chi connectivity index (χ1n) is 5.98. The summed E-state index contributed by atoms with van der Waals surface area (Å²) in [6, 6.07) is 0.406. The number of rotatable bonds is 3. The lowest BCUT2D eigenvalue weighted by Gasteiger charge is -2.26. The molecule has 1 saturated carbocycles. The average molecular weight is 224 g/mol. The number of aromatic nitrogens is 3. The van der Waals surface area contributed by atoms with Gasteiger partial charge in [0.15, 0.2) is 0 Å². The van der Waals surface area contributed by atoms with Gasteiger partial charge in [-0.15, -0.1) is 10.2 Å². The second-order valence-electron chi connectivity index (χ2n) is 4.74. The Balaban J connectivity index is 2.11. The van der Waals surface area contributed by atoms with Crippen LogP contribution in [0.1, 0.15) is 50.4 Å². The monoisotopic (exact) mass is 224 g/mol. The summed E-state index contributed by atoms with van der Waals surface area (Å²) in [4.78, 5) is 0. The number of hydrogen-bond donors (Lipinski definition) is 2. The van der Waals surface area contributed by atoms with Crippen molar-refractivity contribution in [1.82, 2.24) is 14.8 Å². The zero-order valence-electron chi connectivity index (χ0n) is 9.71. The van der Waals surface area contributed by atoms with Crippen molar-refractivity contribution in [2.45, 2.75) is 50.6 Å². The van der Waals surface area contributed by atoms with Gasteiger partial charge in [0.25, 0.3) is 0 Å². The lowest BCUT2D eigenvalue weighted by Crippen LogP contribution is -2.27. The first-order chi connectivity index (χ1) is 7.72. The molecule has 2 rings (SSSR count). The van der Waals surface area contributed by atoms with Gasteiger partial charge in [-0.1, -0.05) is 0 Å². The molecule has 90 valence electrons. The zero-order valence-corrected chi connectivity index (χ0v) is 9.71. The number of aliphatic hydroxyl groups is 1. The molecule has 1 fully saturated rings. The highest BCUT2D eigenvalue weighted by Crippen LogP contribution is 2.31. The van der Waals surface area contributed by atoms with Gasteiger partial charge in [-0.3, -0.25) is 0 Å². The van der Waals surface area contributed by atoms with E-state index in [9.17, 15) is 5.11 Å². The summed E-state index contributed by atoms with van der Waals surface area (Å²) >= 11 is 0. The molecule has 0 saturated heterocycles. The van der Waals surface area contributed by atoms with Crippen LogP contribution < -0.4 is 5.73 Å². The number of hydrogen-bond acceptors (Lipinski definition) is 4. The van der Waals surface area contributed by atoms with Crippen LogP contribution >= 0.6 is 0 Å². The molecule has 1 heterocycles. The minimum absolute atomic E-state index is 0.0561. The molecule has 1 aromatic rings. The third-order valence-electron chi connectivity index (χ3n) is 3.48. The van der Waals surface area contributed by atoms with Crippen molar-refractivity contribution in [2.75, 3.05) is 6.61 Å². The third kappa shape index (κ3) is 2.25. The van der Waals surface area contributed by atoms with E-state index in [-0.39, 0.29) is 12.6 Å². The Kier molecular flexibility index (Phi) is 3.56. The highest BCUT2D eigenvalue weighted by atomic mass is 16.3. The maximum Gasteiger partial charge on any atom is 0.136 e. The second kappa shape index (κ2) is 4.93. The van der Waals surface area contributed by atoms with E-state index < -0.39 is 0 Å². The van der Waals surface area contributed by atoms with Crippen LogP contribution in [0.3, 0.4) is 0 Å². The largest absolute Gasteiger partial charge is 0.394 e. The Hall–Kier alpha value is -0.940. The van der Waals surface area contributed by atoms with E-state index in [2.05, 4.69) is 10.2 Å². The van der Waals surface area contributed by atoms with E-state index in [0.29, 0.717) is 12.0 Å². The number of nitrogens with two attached hydrogens (primary N) is 1. The molecule has 0 amide bonds. The predicted molar refractivity (Wildman–Crippen MR) is 61.0 cm³/mol. The molecule has 0 aromatic carbocycles. The molecule has 1 aliphatic carbocycles. The van der Waals surface area contributed by atoms with Crippen LogP contribution in [-0.2, 0) is 0 Å². The first-order valence-corrected chi connectivity index (χ1v) is 5.98. The normalized spacial score (nSPS) is 27.9. The molecule has 0 spiro atoms. The summed E-state index contributed by atoms with van der Waals surface area (Å²) in [5, 5.41) is 17.3. The highest BCUT2D eigenvalue weighted by Gasteiger charge is 2.25. The van der Waals surface area contributed by atoms with E-state index in [1.165, 1.54) is 0 Å². The SMILES string of the molecule is CC(CO)n1cnnc1C1CCC(N)CC1. The summed E-state index contributed by atoms with van der Waals surface area (Å²) in [6.45, 7) is 2.10. The summed E-state index contributed by atoms with van der Waals surface area (Å²) in [5.41, 5.74) is 5.89. The van der Waals surface area contributed by atoms with Gasteiger partial charge in [0.2, 0.25) is 0 Å². The van der Waals surface area contributed by atoms with Crippen LogP contribution in [0, 0.1) is 0 Å². The molecule has 0 bridgehead atoms. The smallest absolute Gasteiger partial charge is 0.136 e.